The van der Waals surface area contributed by atoms with E-state index in [1.54, 1.807) is 0 Å². The van der Waals surface area contributed by atoms with E-state index in [0.29, 0.717) is 5.56 Å². The zero-order chi connectivity index (χ0) is 16.4. The van der Waals surface area contributed by atoms with Gasteiger partial charge in [0.2, 0.25) is 11.4 Å². The normalized spacial score (nSPS) is 10.3. The van der Waals surface area contributed by atoms with Crippen molar-refractivity contribution in [2.24, 2.45) is 7.05 Å². The van der Waals surface area contributed by atoms with Crippen molar-refractivity contribution in [2.45, 2.75) is 13.8 Å². The molecule has 2 aromatic heterocycles. The first kappa shape index (κ1) is 14.9. The van der Waals surface area contributed by atoms with Crippen LogP contribution in [0.3, 0.4) is 0 Å². The van der Waals surface area contributed by atoms with Gasteiger partial charge in [-0.25, -0.2) is 4.57 Å². The van der Waals surface area contributed by atoms with Crippen molar-refractivity contribution >= 4 is 0 Å². The first-order valence-corrected chi connectivity index (χ1v) is 7.59. The topological polar surface area (TPSA) is 31.5 Å². The second kappa shape index (κ2) is 6.02. The molecule has 0 unspecified atom stereocenters. The summed E-state index contributed by atoms with van der Waals surface area (Å²) >= 11 is 0. The molecule has 0 saturated carbocycles. The molecule has 0 saturated heterocycles. The summed E-state index contributed by atoms with van der Waals surface area (Å²) in [5.41, 5.74) is 6.18. The predicted molar refractivity (Wildman–Crippen MR) is 88.8 cm³/mol. The molecule has 0 aliphatic heterocycles. The average molecular weight is 301 g/mol. The van der Waals surface area contributed by atoms with Gasteiger partial charge in [0.1, 0.15) is 7.05 Å². The third-order valence-corrected chi connectivity index (χ3v) is 4.16. The number of benzene rings is 1. The minimum Gasteiger partial charge on any atom is -0.201 e. The maximum absolute atomic E-state index is 9.44. The van der Waals surface area contributed by atoms with Gasteiger partial charge in [-0.15, -0.1) is 0 Å². The van der Waals surface area contributed by atoms with E-state index < -0.39 is 0 Å². The molecule has 0 spiro atoms. The Morgan fingerprint density at radius 1 is 0.957 bits per heavy atom. The Bertz CT molecular complexity index is 854. The molecule has 0 amide bonds. The van der Waals surface area contributed by atoms with Gasteiger partial charge >= 0.3 is 0 Å². The molecule has 23 heavy (non-hydrogen) atoms. The molecule has 0 aliphatic carbocycles. The van der Waals surface area contributed by atoms with Crippen LogP contribution in [0.25, 0.3) is 16.9 Å². The lowest BCUT2D eigenvalue weighted by Crippen LogP contribution is -2.35. The van der Waals surface area contributed by atoms with E-state index in [2.05, 4.69) is 41.2 Å². The van der Waals surface area contributed by atoms with Crippen molar-refractivity contribution < 1.29 is 9.13 Å². The van der Waals surface area contributed by atoms with Crippen molar-refractivity contribution in [2.75, 3.05) is 0 Å². The molecule has 0 N–H and O–H groups in total. The van der Waals surface area contributed by atoms with E-state index in [1.165, 1.54) is 0 Å². The maximum atomic E-state index is 9.44. The quantitative estimate of drug-likeness (QED) is 0.670. The first-order valence-electron chi connectivity index (χ1n) is 7.59. The molecule has 1 aromatic carbocycles. The Balaban J connectivity index is 2.32. The summed E-state index contributed by atoms with van der Waals surface area (Å²) in [6, 6.07) is 18.4. The summed E-state index contributed by atoms with van der Waals surface area (Å²) in [4.78, 5) is 0. The van der Waals surface area contributed by atoms with Gasteiger partial charge < -0.3 is 0 Å². The molecule has 3 rings (SSSR count). The number of pyridine rings is 2. The molecule has 2 heterocycles. The fourth-order valence-corrected chi connectivity index (χ4v) is 2.88. The van der Waals surface area contributed by atoms with Crippen molar-refractivity contribution in [1.29, 1.82) is 5.26 Å². The predicted octanol–water partition coefficient (Wildman–Crippen LogP) is 2.94. The van der Waals surface area contributed by atoms with Gasteiger partial charge in [-0.2, -0.15) is 9.83 Å². The summed E-state index contributed by atoms with van der Waals surface area (Å²) in [5.74, 6) is 0. The molecule has 3 heteroatoms. The summed E-state index contributed by atoms with van der Waals surface area (Å²) in [7, 11) is 2.02. The molecule has 0 atom stereocenters. The van der Waals surface area contributed by atoms with Crippen molar-refractivity contribution in [3.63, 3.8) is 0 Å². The highest BCUT2D eigenvalue weighted by atomic mass is 15.0. The van der Waals surface area contributed by atoms with Crippen molar-refractivity contribution in [1.82, 2.24) is 0 Å². The van der Waals surface area contributed by atoms with Crippen LogP contribution in [-0.2, 0) is 7.05 Å². The lowest BCUT2D eigenvalue weighted by molar-refractivity contribution is -0.660. The number of hydrogen-bond acceptors (Lipinski definition) is 1. The van der Waals surface area contributed by atoms with Gasteiger partial charge in [-0.05, 0) is 19.1 Å². The monoisotopic (exact) mass is 301 g/mol. The maximum Gasteiger partial charge on any atom is 0.215 e. The molecular weight excluding hydrogens is 282 g/mol. The van der Waals surface area contributed by atoms with Crippen LogP contribution in [0.5, 0.6) is 0 Å². The second-order valence-electron chi connectivity index (χ2n) is 5.69. The molecule has 0 radical (unpaired) electrons. The molecule has 112 valence electrons. The number of aryl methyl sites for hydroxylation is 2. The first-order chi connectivity index (χ1) is 11.1. The van der Waals surface area contributed by atoms with Gasteiger partial charge in [-0.1, -0.05) is 6.07 Å². The van der Waals surface area contributed by atoms with Crippen LogP contribution < -0.4 is 9.13 Å². The number of nitriles is 1. The van der Waals surface area contributed by atoms with Crippen LogP contribution >= 0.6 is 0 Å². The van der Waals surface area contributed by atoms with Gasteiger partial charge in [0.15, 0.2) is 18.1 Å². The van der Waals surface area contributed by atoms with Crippen LogP contribution in [0.1, 0.15) is 16.8 Å². The van der Waals surface area contributed by atoms with E-state index in [-0.39, 0.29) is 0 Å². The highest BCUT2D eigenvalue weighted by molar-refractivity contribution is 5.67. The standard InChI is InChI=1S/C20H19N3/c1-15-8-4-7-11-23(15)20-13-17(14-21)12-18(16(20)2)19-9-5-6-10-22(19)3/h4-13H,1-3H3/q+2. The van der Waals surface area contributed by atoms with Crippen molar-refractivity contribution in [3.05, 3.63) is 77.7 Å². The van der Waals surface area contributed by atoms with E-state index in [1.807, 2.05) is 55.8 Å². The molecule has 0 fully saturated rings. The molecule has 0 bridgehead atoms. The molecule has 3 nitrogen and oxygen atoms in total. The van der Waals surface area contributed by atoms with E-state index in [0.717, 1.165) is 28.2 Å². The summed E-state index contributed by atoms with van der Waals surface area (Å²) < 4.78 is 4.21. The van der Waals surface area contributed by atoms with E-state index in [9.17, 15) is 5.26 Å². The third-order valence-electron chi connectivity index (χ3n) is 4.16. The zero-order valence-corrected chi connectivity index (χ0v) is 13.6. The Morgan fingerprint density at radius 2 is 1.70 bits per heavy atom. The summed E-state index contributed by atoms with van der Waals surface area (Å²) in [6.45, 7) is 4.18. The molecule has 3 aromatic rings. The fraction of sp³-hybridized carbons (Fsp3) is 0.150. The van der Waals surface area contributed by atoms with Gasteiger partial charge in [0, 0.05) is 42.8 Å². The van der Waals surface area contributed by atoms with Gasteiger partial charge in [0.25, 0.3) is 0 Å². The zero-order valence-electron chi connectivity index (χ0n) is 13.6. The largest absolute Gasteiger partial charge is 0.215 e. The molecular formula is C20H19N3+2. The van der Waals surface area contributed by atoms with Crippen LogP contribution in [0, 0.1) is 25.2 Å². The lowest BCUT2D eigenvalue weighted by atomic mass is 9.99. The van der Waals surface area contributed by atoms with Crippen LogP contribution in [0.15, 0.2) is 60.9 Å². The number of hydrogen-bond donors (Lipinski definition) is 0. The Labute approximate surface area is 136 Å². The fourth-order valence-electron chi connectivity index (χ4n) is 2.88. The Kier molecular flexibility index (Phi) is 3.91. The van der Waals surface area contributed by atoms with Gasteiger partial charge in [-0.3, -0.25) is 0 Å². The van der Waals surface area contributed by atoms with E-state index in [4.69, 9.17) is 0 Å². The van der Waals surface area contributed by atoms with Gasteiger partial charge in [0.05, 0.1) is 17.2 Å². The lowest BCUT2D eigenvalue weighted by Gasteiger charge is -2.08. The summed E-state index contributed by atoms with van der Waals surface area (Å²) in [5, 5.41) is 9.44. The summed E-state index contributed by atoms with van der Waals surface area (Å²) in [6.07, 6.45) is 4.06. The SMILES string of the molecule is Cc1c(-c2cccc[n+]2C)cc(C#N)cc1-[n+]1ccccc1C. The Hall–Kier alpha value is -2.99. The highest BCUT2D eigenvalue weighted by Gasteiger charge is 2.21. The number of rotatable bonds is 2. The number of nitrogens with zero attached hydrogens (tertiary/aromatic N) is 3. The van der Waals surface area contributed by atoms with Crippen LogP contribution in [-0.4, -0.2) is 0 Å². The Morgan fingerprint density at radius 3 is 2.39 bits per heavy atom. The average Bonchev–Trinajstić information content (AvgIpc) is 2.57. The minimum absolute atomic E-state index is 0.667. The minimum atomic E-state index is 0.667. The third kappa shape index (κ3) is 2.72. The second-order valence-corrected chi connectivity index (χ2v) is 5.69. The van der Waals surface area contributed by atoms with Crippen LogP contribution in [0.2, 0.25) is 0 Å². The van der Waals surface area contributed by atoms with Crippen molar-refractivity contribution in [3.8, 4) is 23.0 Å². The smallest absolute Gasteiger partial charge is 0.201 e. The molecule has 0 aliphatic rings. The number of aromatic nitrogens is 2. The van der Waals surface area contributed by atoms with Crippen LogP contribution in [0.4, 0.5) is 0 Å². The van der Waals surface area contributed by atoms with E-state index >= 15 is 0 Å². The highest BCUT2D eigenvalue weighted by Crippen LogP contribution is 2.25.